The van der Waals surface area contributed by atoms with Gasteiger partial charge >= 0.3 is 6.36 Å². The van der Waals surface area contributed by atoms with Crippen LogP contribution in [0, 0.1) is 11.3 Å². The molecule has 1 unspecified atom stereocenters. The number of halogens is 3. The van der Waals surface area contributed by atoms with Gasteiger partial charge in [0, 0.05) is 36.8 Å². The number of hydrogen-bond donors (Lipinski definition) is 1. The average Bonchev–Trinajstić information content (AvgIpc) is 3.45. The van der Waals surface area contributed by atoms with Crippen molar-refractivity contribution in [2.75, 3.05) is 0 Å². The first-order valence-electron chi connectivity index (χ1n) is 9.74. The molecule has 1 aromatic carbocycles. The Morgan fingerprint density at radius 1 is 1.29 bits per heavy atom. The van der Waals surface area contributed by atoms with E-state index in [1.807, 2.05) is 6.07 Å². The van der Waals surface area contributed by atoms with E-state index in [1.54, 1.807) is 18.5 Å². The third-order valence-electron chi connectivity index (χ3n) is 5.18. The lowest BCUT2D eigenvalue weighted by molar-refractivity contribution is -0.274. The number of allylic oxidation sites excluding steroid dienone is 2. The Balaban J connectivity index is 1.77. The molecule has 2 heterocycles. The molecule has 9 nitrogen and oxygen atoms in total. The number of nitriles is 1. The number of aromatic nitrogens is 3. The van der Waals surface area contributed by atoms with Crippen molar-refractivity contribution in [3.05, 3.63) is 70.5 Å². The molecular weight excluding hydrogens is 507 g/mol. The number of rotatable bonds is 6. The molecule has 35 heavy (non-hydrogen) atoms. The highest BCUT2D eigenvalue weighted by atomic mass is 32.2. The van der Waals surface area contributed by atoms with Crippen LogP contribution >= 0.6 is 11.3 Å². The Hall–Kier alpha value is -3.67. The van der Waals surface area contributed by atoms with E-state index in [1.165, 1.54) is 35.3 Å². The van der Waals surface area contributed by atoms with Crippen LogP contribution < -0.4 is 14.6 Å². The lowest BCUT2D eigenvalue weighted by atomic mass is 9.93. The van der Waals surface area contributed by atoms with Crippen LogP contribution in [0.25, 0.3) is 11.3 Å². The van der Waals surface area contributed by atoms with Gasteiger partial charge in [0.1, 0.15) is 22.3 Å². The maximum atomic E-state index is 12.8. The molecule has 3 aromatic rings. The zero-order chi connectivity index (χ0) is 25.4. The second-order valence-corrected chi connectivity index (χ2v) is 10.1. The van der Waals surface area contributed by atoms with Crippen molar-refractivity contribution in [2.24, 2.45) is 12.2 Å². The topological polar surface area (TPSA) is 133 Å². The van der Waals surface area contributed by atoms with E-state index in [-0.39, 0.29) is 34.1 Å². The van der Waals surface area contributed by atoms with Crippen LogP contribution in [0.3, 0.4) is 0 Å². The van der Waals surface area contributed by atoms with Gasteiger partial charge < -0.3 is 9.47 Å². The van der Waals surface area contributed by atoms with Gasteiger partial charge in [-0.05, 0) is 30.3 Å². The average molecular weight is 524 g/mol. The highest BCUT2D eigenvalue weighted by Crippen LogP contribution is 2.43. The number of hydrogen-bond acceptors (Lipinski definition) is 8. The van der Waals surface area contributed by atoms with Crippen LogP contribution in [0.1, 0.15) is 11.4 Å². The molecule has 1 atom stereocenters. The molecule has 0 aliphatic heterocycles. The second kappa shape index (κ2) is 8.84. The van der Waals surface area contributed by atoms with Crippen molar-refractivity contribution >= 4 is 21.4 Å². The Labute approximate surface area is 201 Å². The Bertz CT molecular complexity index is 1470. The molecule has 1 aliphatic carbocycles. The van der Waals surface area contributed by atoms with Crippen molar-refractivity contribution in [2.45, 2.75) is 17.5 Å². The predicted molar refractivity (Wildman–Crippen MR) is 119 cm³/mol. The van der Waals surface area contributed by atoms with Crippen LogP contribution in [0.4, 0.5) is 13.2 Å². The maximum absolute atomic E-state index is 12.8. The first-order valence-corrected chi connectivity index (χ1v) is 12.2. The molecule has 0 bridgehead atoms. The molecule has 14 heteroatoms. The van der Waals surface area contributed by atoms with E-state index in [2.05, 4.69) is 14.8 Å². The highest BCUT2D eigenvalue weighted by Gasteiger charge is 2.47. The second-order valence-electron chi connectivity index (χ2n) is 7.38. The zero-order valence-corrected chi connectivity index (χ0v) is 19.5. The highest BCUT2D eigenvalue weighted by molar-refractivity contribution is 7.90. The minimum absolute atomic E-state index is 0.0104. The SMILES string of the molecule is Cn1nccc1-c1cc(OC(F)(F)F)ccc1OC1=C(C#N)CC(c2nccs2)(S(N)(=O)=O)C=C1. The monoisotopic (exact) mass is 523 g/mol. The minimum Gasteiger partial charge on any atom is -0.456 e. The summed E-state index contributed by atoms with van der Waals surface area (Å²) in [6.45, 7) is 0. The molecule has 0 fully saturated rings. The van der Waals surface area contributed by atoms with Gasteiger partial charge in [-0.15, -0.1) is 24.5 Å². The van der Waals surface area contributed by atoms with E-state index in [0.717, 1.165) is 23.5 Å². The molecule has 0 spiro atoms. The summed E-state index contributed by atoms with van der Waals surface area (Å²) in [4.78, 5) is 4.07. The van der Waals surface area contributed by atoms with Gasteiger partial charge in [-0.3, -0.25) is 4.68 Å². The molecule has 2 N–H and O–H groups in total. The number of benzene rings is 1. The zero-order valence-electron chi connectivity index (χ0n) is 17.9. The fourth-order valence-electron chi connectivity index (χ4n) is 3.56. The fourth-order valence-corrected chi connectivity index (χ4v) is 5.66. The Morgan fingerprint density at radius 3 is 2.63 bits per heavy atom. The van der Waals surface area contributed by atoms with Crippen molar-refractivity contribution in [3.63, 3.8) is 0 Å². The number of nitrogens with zero attached hydrogens (tertiary/aromatic N) is 4. The summed E-state index contributed by atoms with van der Waals surface area (Å²) in [6, 6.07) is 6.94. The summed E-state index contributed by atoms with van der Waals surface area (Å²) in [7, 11) is -2.65. The van der Waals surface area contributed by atoms with Crippen LogP contribution in [-0.4, -0.2) is 29.5 Å². The van der Waals surface area contributed by atoms with Crippen LogP contribution in [0.15, 0.2) is 65.5 Å². The standard InChI is InChI=1S/C21H16F3N5O4S2/c1-29-16(5-7-28-29)15-10-14(33-21(22,23)24)2-3-18(15)32-17-4-6-20(35(26,30)31,11-13(17)12-25)19-27-8-9-34-19/h2-10H,11H2,1H3,(H2,26,30,31). The van der Waals surface area contributed by atoms with E-state index in [0.29, 0.717) is 5.69 Å². The number of primary sulfonamides is 1. The van der Waals surface area contributed by atoms with Gasteiger partial charge in [-0.1, -0.05) is 6.08 Å². The molecule has 0 saturated heterocycles. The summed E-state index contributed by atoms with van der Waals surface area (Å²) in [5, 5.41) is 21.1. The fraction of sp³-hybridized carbons (Fsp3) is 0.190. The molecule has 1 aliphatic rings. The summed E-state index contributed by atoms with van der Waals surface area (Å²) >= 11 is 1.07. The largest absolute Gasteiger partial charge is 0.573 e. The molecule has 182 valence electrons. The number of sulfonamides is 1. The molecule has 0 radical (unpaired) electrons. The van der Waals surface area contributed by atoms with Crippen molar-refractivity contribution in [1.29, 1.82) is 5.26 Å². The summed E-state index contributed by atoms with van der Waals surface area (Å²) in [6.07, 6.45) is 0.224. The van der Waals surface area contributed by atoms with Gasteiger partial charge in [-0.2, -0.15) is 10.4 Å². The number of nitrogens with two attached hydrogens (primary N) is 1. The molecule has 0 amide bonds. The van der Waals surface area contributed by atoms with Gasteiger partial charge in [0.2, 0.25) is 10.0 Å². The van der Waals surface area contributed by atoms with E-state index < -0.39 is 26.9 Å². The molecule has 0 saturated carbocycles. The molecule has 2 aromatic heterocycles. The maximum Gasteiger partial charge on any atom is 0.573 e. The lowest BCUT2D eigenvalue weighted by Crippen LogP contribution is -2.41. The third-order valence-corrected chi connectivity index (χ3v) is 7.75. The number of aryl methyl sites for hydroxylation is 1. The number of thiazole rings is 1. The van der Waals surface area contributed by atoms with Crippen LogP contribution in [0.2, 0.25) is 0 Å². The van der Waals surface area contributed by atoms with Crippen LogP contribution in [0.5, 0.6) is 11.5 Å². The Kier molecular flexibility index (Phi) is 6.18. The number of ether oxygens (including phenoxy) is 2. The van der Waals surface area contributed by atoms with Gasteiger partial charge in [0.05, 0.1) is 17.3 Å². The predicted octanol–water partition coefficient (Wildman–Crippen LogP) is 3.74. The van der Waals surface area contributed by atoms with Crippen molar-refractivity contribution < 1.29 is 31.1 Å². The number of alkyl halides is 3. The summed E-state index contributed by atoms with van der Waals surface area (Å²) in [5.41, 5.74) is 0.574. The summed E-state index contributed by atoms with van der Waals surface area (Å²) in [5.74, 6) is -0.379. The van der Waals surface area contributed by atoms with E-state index in [4.69, 9.17) is 9.88 Å². The first kappa shape index (κ1) is 24.5. The third kappa shape index (κ3) is 4.78. The lowest BCUT2D eigenvalue weighted by Gasteiger charge is -2.29. The summed E-state index contributed by atoms with van der Waals surface area (Å²) < 4.78 is 73.0. The van der Waals surface area contributed by atoms with E-state index in [9.17, 15) is 26.9 Å². The van der Waals surface area contributed by atoms with Crippen LogP contribution in [-0.2, 0) is 21.8 Å². The van der Waals surface area contributed by atoms with Gasteiger partial charge in [0.15, 0.2) is 4.75 Å². The smallest absolute Gasteiger partial charge is 0.456 e. The van der Waals surface area contributed by atoms with Gasteiger partial charge in [0.25, 0.3) is 0 Å². The van der Waals surface area contributed by atoms with E-state index >= 15 is 0 Å². The van der Waals surface area contributed by atoms with Crippen molar-refractivity contribution in [1.82, 2.24) is 14.8 Å². The first-order chi connectivity index (χ1) is 16.4. The van der Waals surface area contributed by atoms with Crippen molar-refractivity contribution in [3.8, 4) is 28.8 Å². The Morgan fingerprint density at radius 2 is 2.06 bits per heavy atom. The normalized spacial score (nSPS) is 18.4. The quantitative estimate of drug-likeness (QED) is 0.520. The molecular formula is C21H16F3N5O4S2. The minimum atomic E-state index is -4.90. The van der Waals surface area contributed by atoms with Gasteiger partial charge in [-0.25, -0.2) is 18.5 Å². The molecule has 4 rings (SSSR count).